The monoisotopic (exact) mass is 254 g/mol. The zero-order chi connectivity index (χ0) is 12.8. The molecule has 0 N–H and O–H groups in total. The number of carbonyl (C=O) groups excluding carboxylic acids is 1. The van der Waals surface area contributed by atoms with E-state index in [2.05, 4.69) is 37.7 Å². The number of rotatable bonds is 7. The summed E-state index contributed by atoms with van der Waals surface area (Å²) in [5.74, 6) is 0. The first kappa shape index (κ1) is 14.2. The van der Waals surface area contributed by atoms with Gasteiger partial charge in [-0.25, -0.2) is 4.98 Å². The number of anilines is 1. The lowest BCUT2D eigenvalue weighted by molar-refractivity contribution is 0.112. The molecule has 1 aromatic heterocycles. The highest BCUT2D eigenvalue weighted by Crippen LogP contribution is 2.27. The van der Waals surface area contributed by atoms with Crippen molar-refractivity contribution in [2.24, 2.45) is 0 Å². The highest BCUT2D eigenvalue weighted by atomic mass is 32.1. The van der Waals surface area contributed by atoms with E-state index in [1.54, 1.807) is 0 Å². The van der Waals surface area contributed by atoms with Crippen LogP contribution in [-0.2, 0) is 6.42 Å². The molecule has 0 amide bonds. The van der Waals surface area contributed by atoms with E-state index in [-0.39, 0.29) is 0 Å². The minimum absolute atomic E-state index is 0.509. The maximum atomic E-state index is 11.0. The Balaban J connectivity index is 2.94. The van der Waals surface area contributed by atoms with E-state index >= 15 is 0 Å². The van der Waals surface area contributed by atoms with E-state index in [0.717, 1.165) is 47.7 Å². The van der Waals surface area contributed by atoms with Gasteiger partial charge >= 0.3 is 0 Å². The van der Waals surface area contributed by atoms with E-state index in [1.807, 2.05) is 0 Å². The highest BCUT2D eigenvalue weighted by Gasteiger charge is 2.17. The van der Waals surface area contributed by atoms with Gasteiger partial charge in [0.2, 0.25) is 0 Å². The quantitative estimate of drug-likeness (QED) is 0.698. The fourth-order valence-electron chi connectivity index (χ4n) is 2.00. The van der Waals surface area contributed by atoms with E-state index < -0.39 is 0 Å². The molecule has 0 saturated carbocycles. The number of nitrogens with zero attached hydrogens (tertiary/aromatic N) is 2. The Kier molecular flexibility index (Phi) is 5.62. The minimum atomic E-state index is 0.509. The second kappa shape index (κ2) is 6.74. The van der Waals surface area contributed by atoms with Crippen molar-refractivity contribution in [3.05, 3.63) is 10.6 Å². The Morgan fingerprint density at radius 3 is 2.47 bits per heavy atom. The van der Waals surface area contributed by atoms with Crippen molar-refractivity contribution in [1.29, 1.82) is 0 Å². The van der Waals surface area contributed by atoms with E-state index in [4.69, 9.17) is 0 Å². The molecule has 0 fully saturated rings. The molecular formula is C13H22N2OS. The number of thiazole rings is 1. The number of aromatic nitrogens is 1. The molecule has 1 heterocycles. The van der Waals surface area contributed by atoms with Crippen molar-refractivity contribution in [3.63, 3.8) is 0 Å². The van der Waals surface area contributed by atoms with Crippen LogP contribution >= 0.6 is 11.3 Å². The Morgan fingerprint density at radius 1 is 1.35 bits per heavy atom. The number of aldehydes is 1. The Bertz CT molecular complexity index is 358. The lowest BCUT2D eigenvalue weighted by atomic mass is 10.1. The molecule has 0 bridgehead atoms. The molecule has 1 aromatic rings. The van der Waals surface area contributed by atoms with Crippen LogP contribution < -0.4 is 4.90 Å². The summed E-state index contributed by atoms with van der Waals surface area (Å²) in [6.45, 7) is 6.48. The van der Waals surface area contributed by atoms with Gasteiger partial charge in [0.25, 0.3) is 0 Å². The second-order valence-electron chi connectivity index (χ2n) is 4.26. The normalized spacial score (nSPS) is 10.9. The molecule has 4 heteroatoms. The maximum absolute atomic E-state index is 11.0. The lowest BCUT2D eigenvalue weighted by Crippen LogP contribution is -2.30. The van der Waals surface area contributed by atoms with E-state index in [9.17, 15) is 4.79 Å². The lowest BCUT2D eigenvalue weighted by Gasteiger charge is -2.25. The van der Waals surface area contributed by atoms with Gasteiger partial charge in [-0.3, -0.25) is 4.79 Å². The molecule has 1 rings (SSSR count). The van der Waals surface area contributed by atoms with Gasteiger partial charge in [-0.05, 0) is 19.3 Å². The third-order valence-electron chi connectivity index (χ3n) is 3.10. The second-order valence-corrected chi connectivity index (χ2v) is 5.27. The van der Waals surface area contributed by atoms with Gasteiger partial charge in [0.1, 0.15) is 0 Å². The molecule has 0 saturated heterocycles. The summed E-state index contributed by atoms with van der Waals surface area (Å²) in [5, 5.41) is 0.976. The van der Waals surface area contributed by atoms with Crippen LogP contribution in [0.1, 0.15) is 55.4 Å². The predicted molar refractivity (Wildman–Crippen MR) is 74.3 cm³/mol. The smallest absolute Gasteiger partial charge is 0.186 e. The van der Waals surface area contributed by atoms with Crippen molar-refractivity contribution in [1.82, 2.24) is 4.98 Å². The summed E-state index contributed by atoms with van der Waals surface area (Å²) in [5.41, 5.74) is 0.959. The molecule has 0 unspecified atom stereocenters. The molecule has 0 aromatic carbocycles. The fraction of sp³-hybridized carbons (Fsp3) is 0.692. The van der Waals surface area contributed by atoms with Crippen LogP contribution in [0.4, 0.5) is 5.13 Å². The topological polar surface area (TPSA) is 33.2 Å². The summed E-state index contributed by atoms with van der Waals surface area (Å²) in [6.07, 6.45) is 5.06. The highest BCUT2D eigenvalue weighted by molar-refractivity contribution is 7.17. The van der Waals surface area contributed by atoms with Crippen LogP contribution in [0.5, 0.6) is 0 Å². The summed E-state index contributed by atoms with van der Waals surface area (Å²) < 4.78 is 0. The van der Waals surface area contributed by atoms with Crippen molar-refractivity contribution in [2.45, 2.75) is 52.5 Å². The first-order valence-electron chi connectivity index (χ1n) is 6.35. The van der Waals surface area contributed by atoms with Crippen LogP contribution in [0, 0.1) is 0 Å². The predicted octanol–water partition coefficient (Wildman–Crippen LogP) is 3.53. The van der Waals surface area contributed by atoms with Gasteiger partial charge in [0.15, 0.2) is 11.4 Å². The molecule has 0 radical (unpaired) electrons. The number of hydrogen-bond donors (Lipinski definition) is 0. The average molecular weight is 254 g/mol. The largest absolute Gasteiger partial charge is 0.348 e. The summed E-state index contributed by atoms with van der Waals surface area (Å²) in [7, 11) is 2.07. The summed E-state index contributed by atoms with van der Waals surface area (Å²) >= 11 is 1.51. The van der Waals surface area contributed by atoms with Crippen LogP contribution in [0.15, 0.2) is 0 Å². The van der Waals surface area contributed by atoms with Gasteiger partial charge in [-0.1, -0.05) is 38.5 Å². The van der Waals surface area contributed by atoms with Crippen LogP contribution in [0.3, 0.4) is 0 Å². The van der Waals surface area contributed by atoms with E-state index in [0.29, 0.717) is 6.04 Å². The molecule has 0 spiro atoms. The third-order valence-corrected chi connectivity index (χ3v) is 4.22. The number of carbonyl (C=O) groups is 1. The van der Waals surface area contributed by atoms with Gasteiger partial charge in [-0.2, -0.15) is 0 Å². The van der Waals surface area contributed by atoms with Crippen molar-refractivity contribution in [3.8, 4) is 0 Å². The summed E-state index contributed by atoms with van der Waals surface area (Å²) in [6, 6.07) is 0.509. The van der Waals surface area contributed by atoms with Gasteiger partial charge < -0.3 is 4.90 Å². The first-order valence-corrected chi connectivity index (χ1v) is 7.17. The Labute approximate surface area is 108 Å². The first-order chi connectivity index (χ1) is 8.17. The Morgan fingerprint density at radius 2 is 2.00 bits per heavy atom. The van der Waals surface area contributed by atoms with Crippen LogP contribution in [0.2, 0.25) is 0 Å². The van der Waals surface area contributed by atoms with Crippen LogP contribution in [0.25, 0.3) is 0 Å². The number of aryl methyl sites for hydroxylation is 1. The molecular weight excluding hydrogens is 232 g/mol. The van der Waals surface area contributed by atoms with Crippen molar-refractivity contribution in [2.75, 3.05) is 11.9 Å². The maximum Gasteiger partial charge on any atom is 0.186 e. The van der Waals surface area contributed by atoms with Gasteiger partial charge in [-0.15, -0.1) is 0 Å². The molecule has 0 atom stereocenters. The van der Waals surface area contributed by atoms with Gasteiger partial charge in [0, 0.05) is 13.1 Å². The Hall–Kier alpha value is -0.900. The fourth-order valence-corrected chi connectivity index (χ4v) is 2.96. The number of hydrogen-bond acceptors (Lipinski definition) is 4. The average Bonchev–Trinajstić information content (AvgIpc) is 2.74. The zero-order valence-corrected chi connectivity index (χ0v) is 12.0. The molecule has 0 aliphatic carbocycles. The SMILES string of the molecule is CCCc1nc(N(C)C(CC)CC)sc1C=O. The van der Waals surface area contributed by atoms with Gasteiger partial charge in [0.05, 0.1) is 10.6 Å². The van der Waals surface area contributed by atoms with Crippen molar-refractivity contribution >= 4 is 22.8 Å². The molecule has 17 heavy (non-hydrogen) atoms. The third kappa shape index (κ3) is 3.28. The van der Waals surface area contributed by atoms with Crippen LogP contribution in [-0.4, -0.2) is 24.4 Å². The molecule has 3 nitrogen and oxygen atoms in total. The standard InChI is InChI=1S/C13H22N2OS/c1-5-8-11-12(9-16)17-13(14-11)15(4)10(6-2)7-3/h9-10H,5-8H2,1-4H3. The summed E-state index contributed by atoms with van der Waals surface area (Å²) in [4.78, 5) is 18.6. The zero-order valence-electron chi connectivity index (χ0n) is 11.2. The molecule has 0 aliphatic heterocycles. The molecule has 0 aliphatic rings. The van der Waals surface area contributed by atoms with Crippen molar-refractivity contribution < 1.29 is 4.79 Å². The molecule has 96 valence electrons. The van der Waals surface area contributed by atoms with E-state index in [1.165, 1.54) is 11.3 Å². The minimum Gasteiger partial charge on any atom is -0.348 e.